The number of piperidine rings is 1. The number of anilines is 1. The van der Waals surface area contributed by atoms with Gasteiger partial charge in [0, 0.05) is 44.4 Å². The van der Waals surface area contributed by atoms with Crippen molar-refractivity contribution in [3.8, 4) is 0 Å². The van der Waals surface area contributed by atoms with Crippen LogP contribution in [0.15, 0.2) is 43.0 Å². The van der Waals surface area contributed by atoms with E-state index in [-0.39, 0.29) is 11.8 Å². The molecule has 1 atom stereocenters. The van der Waals surface area contributed by atoms with Crippen LogP contribution in [-0.4, -0.2) is 40.5 Å². The summed E-state index contributed by atoms with van der Waals surface area (Å²) in [5, 5.41) is 3.05. The van der Waals surface area contributed by atoms with Crippen molar-refractivity contribution in [3.63, 3.8) is 0 Å². The first-order valence-corrected chi connectivity index (χ1v) is 8.01. The average Bonchev–Trinajstić information content (AvgIpc) is 2.63. The minimum absolute atomic E-state index is 0.00463. The van der Waals surface area contributed by atoms with Crippen molar-refractivity contribution < 1.29 is 4.79 Å². The molecule has 2 aromatic heterocycles. The van der Waals surface area contributed by atoms with Crippen molar-refractivity contribution in [2.24, 2.45) is 5.92 Å². The molecule has 2 aromatic rings. The summed E-state index contributed by atoms with van der Waals surface area (Å²) in [4.78, 5) is 27.0. The minimum Gasteiger partial charge on any atom is -0.355 e. The summed E-state index contributed by atoms with van der Waals surface area (Å²) < 4.78 is 0. The van der Waals surface area contributed by atoms with Crippen LogP contribution in [-0.2, 0) is 11.2 Å². The average molecular weight is 311 g/mol. The van der Waals surface area contributed by atoms with Crippen LogP contribution in [0, 0.1) is 5.92 Å². The van der Waals surface area contributed by atoms with Crippen LogP contribution in [0.5, 0.6) is 0 Å². The van der Waals surface area contributed by atoms with Crippen LogP contribution in [0.25, 0.3) is 0 Å². The van der Waals surface area contributed by atoms with Crippen molar-refractivity contribution in [2.45, 2.75) is 19.3 Å². The molecule has 1 fully saturated rings. The predicted molar refractivity (Wildman–Crippen MR) is 87.9 cm³/mol. The largest absolute Gasteiger partial charge is 0.355 e. The van der Waals surface area contributed by atoms with E-state index in [1.165, 1.54) is 5.56 Å². The Bertz CT molecular complexity index is 619. The molecule has 1 amide bonds. The maximum Gasteiger partial charge on any atom is 0.225 e. The van der Waals surface area contributed by atoms with Crippen molar-refractivity contribution in [3.05, 3.63) is 48.5 Å². The molecule has 0 aromatic carbocycles. The molecular weight excluding hydrogens is 290 g/mol. The van der Waals surface area contributed by atoms with E-state index >= 15 is 0 Å². The number of hydrogen-bond donors (Lipinski definition) is 1. The standard InChI is InChI=1S/C17H21N5O/c23-16(19-11-6-14-4-9-18-10-5-14)15-3-1-12-22(13-15)17-20-7-2-8-21-17/h2,4-5,7-10,15H,1,3,6,11-13H2,(H,19,23)/t15-/m1/s1. The monoisotopic (exact) mass is 311 g/mol. The van der Waals surface area contributed by atoms with Crippen molar-refractivity contribution in [1.82, 2.24) is 20.3 Å². The molecule has 6 nitrogen and oxygen atoms in total. The summed E-state index contributed by atoms with van der Waals surface area (Å²) >= 11 is 0. The third-order valence-electron chi connectivity index (χ3n) is 4.09. The Morgan fingerprint density at radius 2 is 2.00 bits per heavy atom. The molecule has 3 rings (SSSR count). The predicted octanol–water partition coefficient (Wildman–Crippen LogP) is 1.45. The molecular formula is C17H21N5O. The van der Waals surface area contributed by atoms with Gasteiger partial charge in [-0.1, -0.05) is 0 Å². The third-order valence-corrected chi connectivity index (χ3v) is 4.09. The first kappa shape index (κ1) is 15.4. The molecule has 0 saturated carbocycles. The molecule has 1 aliphatic rings. The van der Waals surface area contributed by atoms with Crippen molar-refractivity contribution in [2.75, 3.05) is 24.5 Å². The zero-order chi connectivity index (χ0) is 15.9. The fourth-order valence-electron chi connectivity index (χ4n) is 2.85. The highest BCUT2D eigenvalue weighted by molar-refractivity contribution is 5.79. The lowest BCUT2D eigenvalue weighted by Gasteiger charge is -2.31. The maximum atomic E-state index is 12.4. The Labute approximate surface area is 136 Å². The van der Waals surface area contributed by atoms with Gasteiger partial charge in [0.2, 0.25) is 11.9 Å². The Hall–Kier alpha value is -2.50. The molecule has 0 unspecified atom stereocenters. The molecule has 1 saturated heterocycles. The van der Waals surface area contributed by atoms with Crippen molar-refractivity contribution >= 4 is 11.9 Å². The summed E-state index contributed by atoms with van der Waals surface area (Å²) in [6.45, 7) is 2.25. The number of aromatic nitrogens is 3. The van der Waals surface area contributed by atoms with Gasteiger partial charge in [0.25, 0.3) is 0 Å². The second-order valence-corrected chi connectivity index (χ2v) is 5.73. The van der Waals surface area contributed by atoms with Gasteiger partial charge >= 0.3 is 0 Å². The van der Waals surface area contributed by atoms with Crippen LogP contribution >= 0.6 is 0 Å². The van der Waals surface area contributed by atoms with E-state index in [1.807, 2.05) is 12.1 Å². The van der Waals surface area contributed by atoms with E-state index in [0.29, 0.717) is 19.0 Å². The van der Waals surface area contributed by atoms with Crippen LogP contribution in [0.1, 0.15) is 18.4 Å². The van der Waals surface area contributed by atoms with E-state index in [1.54, 1.807) is 30.9 Å². The number of amides is 1. The Morgan fingerprint density at radius 3 is 2.78 bits per heavy atom. The van der Waals surface area contributed by atoms with Gasteiger partial charge < -0.3 is 10.2 Å². The van der Waals surface area contributed by atoms with Gasteiger partial charge in [-0.25, -0.2) is 9.97 Å². The number of nitrogens with one attached hydrogen (secondary N) is 1. The summed E-state index contributed by atoms with van der Waals surface area (Å²) in [5.41, 5.74) is 1.18. The number of rotatable bonds is 5. The van der Waals surface area contributed by atoms with E-state index in [0.717, 1.165) is 25.8 Å². The van der Waals surface area contributed by atoms with Gasteiger partial charge in [0.1, 0.15) is 0 Å². The molecule has 0 aliphatic carbocycles. The second kappa shape index (κ2) is 7.67. The Balaban J connectivity index is 1.49. The molecule has 6 heteroatoms. The van der Waals surface area contributed by atoms with Crippen LogP contribution in [0.3, 0.4) is 0 Å². The fraction of sp³-hybridized carbons (Fsp3) is 0.412. The highest BCUT2D eigenvalue weighted by Gasteiger charge is 2.26. The number of carbonyl (C=O) groups excluding carboxylic acids is 1. The SMILES string of the molecule is O=C(NCCc1ccncc1)[C@@H]1CCCN(c2ncccn2)C1. The lowest BCUT2D eigenvalue weighted by atomic mass is 9.97. The van der Waals surface area contributed by atoms with Crippen LogP contribution in [0.4, 0.5) is 5.95 Å². The maximum absolute atomic E-state index is 12.4. The lowest BCUT2D eigenvalue weighted by Crippen LogP contribution is -2.44. The summed E-state index contributed by atoms with van der Waals surface area (Å²) in [6.07, 6.45) is 9.76. The van der Waals surface area contributed by atoms with Gasteiger partial charge in [-0.3, -0.25) is 9.78 Å². The summed E-state index contributed by atoms with van der Waals surface area (Å²) in [6, 6.07) is 5.75. The zero-order valence-electron chi connectivity index (χ0n) is 13.1. The molecule has 120 valence electrons. The molecule has 0 radical (unpaired) electrons. The third kappa shape index (κ3) is 4.25. The van der Waals surface area contributed by atoms with Gasteiger partial charge in [0.15, 0.2) is 0 Å². The van der Waals surface area contributed by atoms with E-state index in [4.69, 9.17) is 0 Å². The molecule has 3 heterocycles. The summed E-state index contributed by atoms with van der Waals surface area (Å²) in [5.74, 6) is 0.839. The highest BCUT2D eigenvalue weighted by atomic mass is 16.1. The van der Waals surface area contributed by atoms with Crippen molar-refractivity contribution in [1.29, 1.82) is 0 Å². The van der Waals surface area contributed by atoms with Gasteiger partial charge in [-0.05, 0) is 43.0 Å². The summed E-state index contributed by atoms with van der Waals surface area (Å²) in [7, 11) is 0. The van der Waals surface area contributed by atoms with Crippen LogP contribution in [0.2, 0.25) is 0 Å². The first-order valence-electron chi connectivity index (χ1n) is 8.01. The minimum atomic E-state index is 0.00463. The molecule has 0 spiro atoms. The van der Waals surface area contributed by atoms with Gasteiger partial charge in [-0.2, -0.15) is 0 Å². The topological polar surface area (TPSA) is 71.0 Å². The highest BCUT2D eigenvalue weighted by Crippen LogP contribution is 2.20. The van der Waals surface area contributed by atoms with E-state index < -0.39 is 0 Å². The van der Waals surface area contributed by atoms with Crippen LogP contribution < -0.4 is 10.2 Å². The quantitative estimate of drug-likeness (QED) is 0.905. The first-order chi connectivity index (χ1) is 11.3. The number of nitrogens with zero attached hydrogens (tertiary/aromatic N) is 4. The van der Waals surface area contributed by atoms with E-state index in [2.05, 4.69) is 25.2 Å². The number of carbonyl (C=O) groups is 1. The number of hydrogen-bond acceptors (Lipinski definition) is 5. The Morgan fingerprint density at radius 1 is 1.22 bits per heavy atom. The number of pyridine rings is 1. The van der Waals surface area contributed by atoms with Gasteiger partial charge in [0.05, 0.1) is 5.92 Å². The van der Waals surface area contributed by atoms with E-state index in [9.17, 15) is 4.79 Å². The Kier molecular flexibility index (Phi) is 5.13. The smallest absolute Gasteiger partial charge is 0.225 e. The molecule has 1 aliphatic heterocycles. The molecule has 1 N–H and O–H groups in total. The van der Waals surface area contributed by atoms with Gasteiger partial charge in [-0.15, -0.1) is 0 Å². The normalized spacial score (nSPS) is 17.7. The fourth-order valence-corrected chi connectivity index (χ4v) is 2.85. The second-order valence-electron chi connectivity index (χ2n) is 5.73. The zero-order valence-corrected chi connectivity index (χ0v) is 13.1. The molecule has 23 heavy (non-hydrogen) atoms. The molecule has 0 bridgehead atoms. The lowest BCUT2D eigenvalue weighted by molar-refractivity contribution is -0.125.